The summed E-state index contributed by atoms with van der Waals surface area (Å²) >= 11 is 0. The van der Waals surface area contributed by atoms with Gasteiger partial charge in [-0.1, -0.05) is 0 Å². The lowest BCUT2D eigenvalue weighted by atomic mass is 10.1. The minimum atomic E-state index is 0.536. The molecule has 2 aliphatic rings. The van der Waals surface area contributed by atoms with Crippen molar-refractivity contribution in [2.24, 2.45) is 0 Å². The van der Waals surface area contributed by atoms with Crippen molar-refractivity contribution in [1.82, 2.24) is 10.3 Å². The summed E-state index contributed by atoms with van der Waals surface area (Å²) < 4.78 is 0. The number of rotatable bonds is 2. The molecule has 2 aliphatic heterocycles. The smallest absolute Gasteiger partial charge is 0.131 e. The number of hydrogen-bond donors (Lipinski definition) is 1. The van der Waals surface area contributed by atoms with Gasteiger partial charge < -0.3 is 10.2 Å². The first kappa shape index (κ1) is 11.0. The van der Waals surface area contributed by atoms with E-state index in [-0.39, 0.29) is 0 Å². The van der Waals surface area contributed by atoms with Gasteiger partial charge in [-0.3, -0.25) is 0 Å². The Morgan fingerprint density at radius 1 is 1.29 bits per heavy atom. The molecule has 1 N–H and O–H groups in total. The summed E-state index contributed by atoms with van der Waals surface area (Å²) in [6.07, 6.45) is 7.24. The molecule has 0 radical (unpaired) electrons. The lowest BCUT2D eigenvalue weighted by molar-refractivity contribution is 0.644. The third-order valence-corrected chi connectivity index (χ3v) is 3.94. The largest absolute Gasteiger partial charge is 0.356 e. The molecule has 92 valence electrons. The lowest BCUT2D eigenvalue weighted by Crippen LogP contribution is -2.21. The zero-order valence-corrected chi connectivity index (χ0v) is 10.6. The fourth-order valence-corrected chi connectivity index (χ4v) is 3.01. The molecule has 0 bridgehead atoms. The minimum Gasteiger partial charge on any atom is -0.356 e. The molecular weight excluding hydrogens is 210 g/mol. The highest BCUT2D eigenvalue weighted by atomic mass is 15.2. The number of pyridine rings is 1. The Bertz CT molecular complexity index is 390. The van der Waals surface area contributed by atoms with Crippen LogP contribution in [0, 0.1) is 6.92 Å². The van der Waals surface area contributed by atoms with Crippen molar-refractivity contribution in [1.29, 1.82) is 0 Å². The Hall–Kier alpha value is -1.09. The number of nitrogens with zero attached hydrogens (tertiary/aromatic N) is 2. The van der Waals surface area contributed by atoms with Crippen LogP contribution < -0.4 is 10.2 Å². The maximum Gasteiger partial charge on any atom is 0.131 e. The number of aryl methyl sites for hydroxylation is 1. The Balaban J connectivity index is 1.82. The van der Waals surface area contributed by atoms with Crippen LogP contribution in [0.1, 0.15) is 42.9 Å². The maximum absolute atomic E-state index is 4.69. The van der Waals surface area contributed by atoms with E-state index >= 15 is 0 Å². The van der Waals surface area contributed by atoms with Gasteiger partial charge in [-0.15, -0.1) is 0 Å². The Morgan fingerprint density at radius 3 is 2.76 bits per heavy atom. The molecule has 0 aromatic carbocycles. The SMILES string of the molecule is Cc1cc(C2CCCN2)cnc1N1CCCC1. The van der Waals surface area contributed by atoms with Crippen LogP contribution in [-0.4, -0.2) is 24.6 Å². The second kappa shape index (κ2) is 4.65. The minimum absolute atomic E-state index is 0.536. The quantitative estimate of drug-likeness (QED) is 0.847. The zero-order valence-electron chi connectivity index (χ0n) is 10.6. The van der Waals surface area contributed by atoms with E-state index in [1.807, 2.05) is 0 Å². The van der Waals surface area contributed by atoms with Gasteiger partial charge in [0.05, 0.1) is 0 Å². The van der Waals surface area contributed by atoms with Gasteiger partial charge in [0, 0.05) is 25.3 Å². The van der Waals surface area contributed by atoms with Crippen LogP contribution in [0.4, 0.5) is 5.82 Å². The predicted molar refractivity (Wildman–Crippen MR) is 70.4 cm³/mol. The number of hydrogen-bond acceptors (Lipinski definition) is 3. The van der Waals surface area contributed by atoms with Gasteiger partial charge in [0.25, 0.3) is 0 Å². The normalized spacial score (nSPS) is 24.5. The van der Waals surface area contributed by atoms with E-state index < -0.39 is 0 Å². The second-order valence-electron chi connectivity index (χ2n) is 5.25. The molecule has 1 atom stereocenters. The highest BCUT2D eigenvalue weighted by Crippen LogP contribution is 2.27. The van der Waals surface area contributed by atoms with Crippen molar-refractivity contribution < 1.29 is 0 Å². The van der Waals surface area contributed by atoms with Gasteiger partial charge in [0.1, 0.15) is 5.82 Å². The first-order chi connectivity index (χ1) is 8.34. The summed E-state index contributed by atoms with van der Waals surface area (Å²) in [5, 5.41) is 3.54. The summed E-state index contributed by atoms with van der Waals surface area (Å²) in [5.41, 5.74) is 2.70. The summed E-state index contributed by atoms with van der Waals surface area (Å²) in [4.78, 5) is 7.11. The average Bonchev–Trinajstić information content (AvgIpc) is 3.02. The van der Waals surface area contributed by atoms with Crippen molar-refractivity contribution in [3.05, 3.63) is 23.4 Å². The van der Waals surface area contributed by atoms with Crippen molar-refractivity contribution in [3.8, 4) is 0 Å². The van der Waals surface area contributed by atoms with E-state index in [1.165, 1.54) is 55.7 Å². The van der Waals surface area contributed by atoms with Crippen LogP contribution in [0.25, 0.3) is 0 Å². The fraction of sp³-hybridized carbons (Fsp3) is 0.643. The Kier molecular flexibility index (Phi) is 3.02. The molecule has 3 heteroatoms. The van der Waals surface area contributed by atoms with Crippen molar-refractivity contribution >= 4 is 5.82 Å². The van der Waals surface area contributed by atoms with Gasteiger partial charge in [0.15, 0.2) is 0 Å². The topological polar surface area (TPSA) is 28.2 Å². The number of nitrogens with one attached hydrogen (secondary N) is 1. The van der Waals surface area contributed by atoms with Crippen LogP contribution in [-0.2, 0) is 0 Å². The molecule has 1 unspecified atom stereocenters. The average molecular weight is 231 g/mol. The summed E-state index contributed by atoms with van der Waals surface area (Å²) in [6, 6.07) is 2.86. The first-order valence-electron chi connectivity index (χ1n) is 6.79. The molecule has 1 aromatic heterocycles. The molecule has 0 spiro atoms. The third-order valence-electron chi connectivity index (χ3n) is 3.94. The maximum atomic E-state index is 4.69. The van der Waals surface area contributed by atoms with Crippen LogP contribution >= 0.6 is 0 Å². The molecule has 0 aliphatic carbocycles. The van der Waals surface area contributed by atoms with Gasteiger partial charge in [-0.2, -0.15) is 0 Å². The van der Waals surface area contributed by atoms with Gasteiger partial charge in [0.2, 0.25) is 0 Å². The molecule has 2 fully saturated rings. The lowest BCUT2D eigenvalue weighted by Gasteiger charge is -2.20. The molecule has 0 amide bonds. The van der Waals surface area contributed by atoms with E-state index in [1.54, 1.807) is 0 Å². The number of anilines is 1. The predicted octanol–water partition coefficient (Wildman–Crippen LogP) is 2.41. The van der Waals surface area contributed by atoms with Crippen LogP contribution in [0.5, 0.6) is 0 Å². The van der Waals surface area contributed by atoms with E-state index in [9.17, 15) is 0 Å². The molecule has 17 heavy (non-hydrogen) atoms. The Morgan fingerprint density at radius 2 is 2.12 bits per heavy atom. The highest BCUT2D eigenvalue weighted by molar-refractivity contribution is 5.48. The Labute approximate surface area is 103 Å². The van der Waals surface area contributed by atoms with Crippen LogP contribution in [0.15, 0.2) is 12.3 Å². The van der Waals surface area contributed by atoms with Crippen LogP contribution in [0.2, 0.25) is 0 Å². The molecular formula is C14H21N3. The van der Waals surface area contributed by atoms with Gasteiger partial charge in [-0.05, 0) is 56.3 Å². The zero-order chi connectivity index (χ0) is 11.7. The van der Waals surface area contributed by atoms with Crippen molar-refractivity contribution in [2.45, 2.75) is 38.6 Å². The van der Waals surface area contributed by atoms with E-state index in [2.05, 4.69) is 29.4 Å². The summed E-state index contributed by atoms with van der Waals surface area (Å²) in [6.45, 7) is 5.69. The molecule has 2 saturated heterocycles. The van der Waals surface area contributed by atoms with Gasteiger partial charge >= 0.3 is 0 Å². The van der Waals surface area contributed by atoms with Gasteiger partial charge in [-0.25, -0.2) is 4.98 Å². The second-order valence-corrected chi connectivity index (χ2v) is 5.25. The van der Waals surface area contributed by atoms with E-state index in [0.29, 0.717) is 6.04 Å². The third kappa shape index (κ3) is 2.16. The molecule has 0 saturated carbocycles. The highest BCUT2D eigenvalue weighted by Gasteiger charge is 2.19. The van der Waals surface area contributed by atoms with E-state index in [4.69, 9.17) is 4.98 Å². The van der Waals surface area contributed by atoms with Crippen molar-refractivity contribution in [3.63, 3.8) is 0 Å². The monoisotopic (exact) mass is 231 g/mol. The summed E-state index contributed by atoms with van der Waals surface area (Å²) in [5.74, 6) is 1.20. The van der Waals surface area contributed by atoms with Crippen LogP contribution in [0.3, 0.4) is 0 Å². The molecule has 3 nitrogen and oxygen atoms in total. The standard InChI is InChI=1S/C14H21N3/c1-11-9-12(13-5-4-6-15-13)10-16-14(11)17-7-2-3-8-17/h9-10,13,15H,2-8H2,1H3. The first-order valence-corrected chi connectivity index (χ1v) is 6.79. The van der Waals surface area contributed by atoms with E-state index in [0.717, 1.165) is 6.54 Å². The fourth-order valence-electron chi connectivity index (χ4n) is 3.01. The molecule has 1 aromatic rings. The number of aromatic nitrogens is 1. The molecule has 3 rings (SSSR count). The summed E-state index contributed by atoms with van der Waals surface area (Å²) in [7, 11) is 0. The molecule has 3 heterocycles. The van der Waals surface area contributed by atoms with Crippen molar-refractivity contribution in [2.75, 3.05) is 24.5 Å².